The number of carboxylic acid groups (broad SMARTS) is 1. The molecule has 0 saturated carbocycles. The van der Waals surface area contributed by atoms with Crippen molar-refractivity contribution in [2.24, 2.45) is 0 Å². The number of hydrogen-bond donors (Lipinski definition) is 2. The summed E-state index contributed by atoms with van der Waals surface area (Å²) in [6.07, 6.45) is 1.73. The van der Waals surface area contributed by atoms with Gasteiger partial charge in [0.05, 0.1) is 4.90 Å². The van der Waals surface area contributed by atoms with E-state index in [1.807, 2.05) is 5.41 Å². The molecule has 0 amide bonds. The van der Waals surface area contributed by atoms with Crippen LogP contribution >= 0.6 is 11.8 Å². The molecule has 1 aliphatic rings. The molecule has 0 atom stereocenters. The van der Waals surface area contributed by atoms with E-state index in [-0.39, 0.29) is 5.69 Å². The van der Waals surface area contributed by atoms with Gasteiger partial charge in [-0.05, 0) is 17.5 Å². The first-order valence-corrected chi connectivity index (χ1v) is 4.48. The van der Waals surface area contributed by atoms with Gasteiger partial charge in [-0.2, -0.15) is 0 Å². The number of aromatic nitrogens is 1. The van der Waals surface area contributed by atoms with Crippen LogP contribution in [0.3, 0.4) is 0 Å². The fourth-order valence-corrected chi connectivity index (χ4v) is 1.63. The van der Waals surface area contributed by atoms with Crippen LogP contribution in [0.4, 0.5) is 5.82 Å². The van der Waals surface area contributed by atoms with Crippen molar-refractivity contribution in [2.45, 2.75) is 4.90 Å². The molecule has 2 heterocycles. The lowest BCUT2D eigenvalue weighted by molar-refractivity contribution is 0.0690. The first-order chi connectivity index (χ1) is 6.27. The molecule has 0 aromatic carbocycles. The Morgan fingerprint density at radius 3 is 3.15 bits per heavy atom. The van der Waals surface area contributed by atoms with Crippen LogP contribution in [0.2, 0.25) is 0 Å². The molecule has 5 heteroatoms. The molecule has 1 aromatic rings. The molecular formula is C8H6N2O2S. The second-order valence-corrected chi connectivity index (χ2v) is 3.36. The average molecular weight is 194 g/mol. The maximum Gasteiger partial charge on any atom is 0.354 e. The van der Waals surface area contributed by atoms with Crippen molar-refractivity contribution in [3.8, 4) is 0 Å². The Balaban J connectivity index is 2.44. The van der Waals surface area contributed by atoms with Gasteiger partial charge in [-0.3, -0.25) is 0 Å². The van der Waals surface area contributed by atoms with Crippen molar-refractivity contribution in [2.75, 3.05) is 5.32 Å². The summed E-state index contributed by atoms with van der Waals surface area (Å²) in [6.45, 7) is 0. The average Bonchev–Trinajstić information content (AvgIpc) is 2.17. The van der Waals surface area contributed by atoms with E-state index < -0.39 is 5.97 Å². The van der Waals surface area contributed by atoms with E-state index >= 15 is 0 Å². The quantitative estimate of drug-likeness (QED) is 0.713. The molecule has 2 rings (SSSR count). The Hall–Kier alpha value is -1.49. The molecular weight excluding hydrogens is 188 g/mol. The summed E-state index contributed by atoms with van der Waals surface area (Å²) in [7, 11) is 0. The Morgan fingerprint density at radius 1 is 1.54 bits per heavy atom. The smallest absolute Gasteiger partial charge is 0.354 e. The number of anilines is 1. The van der Waals surface area contributed by atoms with Crippen molar-refractivity contribution in [1.29, 1.82) is 0 Å². The second kappa shape index (κ2) is 3.10. The summed E-state index contributed by atoms with van der Waals surface area (Å²) in [6, 6.07) is 3.24. The van der Waals surface area contributed by atoms with Crippen molar-refractivity contribution < 1.29 is 9.90 Å². The Morgan fingerprint density at radius 2 is 2.38 bits per heavy atom. The molecule has 0 fully saturated rings. The predicted octanol–water partition coefficient (Wildman–Crippen LogP) is 1.77. The first kappa shape index (κ1) is 8.12. The molecule has 4 nitrogen and oxygen atoms in total. The predicted molar refractivity (Wildman–Crippen MR) is 49.8 cm³/mol. The van der Waals surface area contributed by atoms with Gasteiger partial charge in [0.15, 0.2) is 5.69 Å². The Bertz CT molecular complexity index is 390. The molecule has 66 valence electrons. The number of nitrogens with zero attached hydrogens (tertiary/aromatic N) is 1. The molecule has 0 spiro atoms. The number of pyridine rings is 1. The lowest BCUT2D eigenvalue weighted by Crippen LogP contribution is -2.04. The van der Waals surface area contributed by atoms with Crippen LogP contribution in [0.25, 0.3) is 0 Å². The van der Waals surface area contributed by atoms with Gasteiger partial charge in [-0.25, -0.2) is 9.78 Å². The van der Waals surface area contributed by atoms with Crippen molar-refractivity contribution >= 4 is 23.5 Å². The Labute approximate surface area is 78.7 Å². The third-order valence-electron chi connectivity index (χ3n) is 1.56. The van der Waals surface area contributed by atoms with Gasteiger partial charge < -0.3 is 10.4 Å². The van der Waals surface area contributed by atoms with E-state index in [1.165, 1.54) is 17.8 Å². The highest BCUT2D eigenvalue weighted by Crippen LogP contribution is 2.29. The number of aromatic carboxylic acids is 1. The number of fused-ring (bicyclic) bond motifs is 1. The SMILES string of the molecule is O=C(O)c1ccc2c(n1)NC=CS2. The van der Waals surface area contributed by atoms with Crippen LogP contribution in [-0.4, -0.2) is 16.1 Å². The molecule has 0 bridgehead atoms. The van der Waals surface area contributed by atoms with Crippen LogP contribution < -0.4 is 5.32 Å². The Kier molecular flexibility index (Phi) is 1.94. The topological polar surface area (TPSA) is 62.2 Å². The number of carbonyl (C=O) groups is 1. The highest BCUT2D eigenvalue weighted by molar-refractivity contribution is 8.02. The van der Waals surface area contributed by atoms with Gasteiger partial charge in [0.1, 0.15) is 5.82 Å². The summed E-state index contributed by atoms with van der Waals surface area (Å²) >= 11 is 1.51. The lowest BCUT2D eigenvalue weighted by atomic mass is 10.3. The van der Waals surface area contributed by atoms with Crippen LogP contribution in [-0.2, 0) is 0 Å². The number of thioether (sulfide) groups is 1. The molecule has 1 aromatic heterocycles. The fraction of sp³-hybridized carbons (Fsp3) is 0. The number of rotatable bonds is 1. The zero-order valence-corrected chi connectivity index (χ0v) is 7.34. The van der Waals surface area contributed by atoms with Crippen molar-refractivity contribution in [1.82, 2.24) is 4.98 Å². The largest absolute Gasteiger partial charge is 0.477 e. The maximum atomic E-state index is 10.6. The van der Waals surface area contributed by atoms with E-state index in [9.17, 15) is 4.79 Å². The first-order valence-electron chi connectivity index (χ1n) is 3.60. The van der Waals surface area contributed by atoms with Crippen LogP contribution in [0, 0.1) is 0 Å². The van der Waals surface area contributed by atoms with Crippen molar-refractivity contribution in [3.63, 3.8) is 0 Å². The molecule has 0 saturated heterocycles. The van der Waals surface area contributed by atoms with Gasteiger partial charge in [0.25, 0.3) is 0 Å². The standard InChI is InChI=1S/C8H6N2O2S/c11-8(12)5-1-2-6-7(10-5)9-3-4-13-6/h1-4H,(H,9,10)(H,11,12). The highest BCUT2D eigenvalue weighted by atomic mass is 32.2. The summed E-state index contributed by atoms with van der Waals surface area (Å²) in [5.74, 6) is -0.406. The summed E-state index contributed by atoms with van der Waals surface area (Å²) in [5.41, 5.74) is 0.0575. The zero-order chi connectivity index (χ0) is 9.26. The number of nitrogens with one attached hydrogen (secondary N) is 1. The lowest BCUT2D eigenvalue weighted by Gasteiger charge is -2.10. The van der Waals surface area contributed by atoms with Gasteiger partial charge in [-0.15, -0.1) is 0 Å². The fourth-order valence-electron chi connectivity index (χ4n) is 0.984. The van der Waals surface area contributed by atoms with E-state index in [0.717, 1.165) is 4.90 Å². The molecule has 1 aliphatic heterocycles. The monoisotopic (exact) mass is 194 g/mol. The zero-order valence-electron chi connectivity index (χ0n) is 6.52. The van der Waals surface area contributed by atoms with Crippen LogP contribution in [0.15, 0.2) is 28.6 Å². The third-order valence-corrected chi connectivity index (χ3v) is 2.42. The van der Waals surface area contributed by atoms with Gasteiger partial charge in [-0.1, -0.05) is 11.8 Å². The molecule has 13 heavy (non-hydrogen) atoms. The van der Waals surface area contributed by atoms with Crippen LogP contribution in [0.5, 0.6) is 0 Å². The third kappa shape index (κ3) is 1.50. The second-order valence-electron chi connectivity index (χ2n) is 2.41. The van der Waals surface area contributed by atoms with Gasteiger partial charge in [0.2, 0.25) is 0 Å². The minimum atomic E-state index is -1.01. The van der Waals surface area contributed by atoms with Crippen molar-refractivity contribution in [3.05, 3.63) is 29.4 Å². The van der Waals surface area contributed by atoms with E-state index in [2.05, 4.69) is 10.3 Å². The minimum Gasteiger partial charge on any atom is -0.477 e. The van der Waals surface area contributed by atoms with E-state index in [1.54, 1.807) is 12.3 Å². The van der Waals surface area contributed by atoms with Gasteiger partial charge in [0, 0.05) is 6.20 Å². The molecule has 0 aliphatic carbocycles. The summed E-state index contributed by atoms with van der Waals surface area (Å²) in [5, 5.41) is 13.4. The molecule has 2 N–H and O–H groups in total. The normalized spacial score (nSPS) is 13.2. The molecule has 0 radical (unpaired) electrons. The van der Waals surface area contributed by atoms with E-state index in [4.69, 9.17) is 5.11 Å². The highest BCUT2D eigenvalue weighted by Gasteiger charge is 2.10. The van der Waals surface area contributed by atoms with E-state index in [0.29, 0.717) is 5.82 Å². The number of hydrogen-bond acceptors (Lipinski definition) is 4. The van der Waals surface area contributed by atoms with Crippen LogP contribution in [0.1, 0.15) is 10.5 Å². The van der Waals surface area contributed by atoms with Gasteiger partial charge >= 0.3 is 5.97 Å². The summed E-state index contributed by atoms with van der Waals surface area (Å²) < 4.78 is 0. The summed E-state index contributed by atoms with van der Waals surface area (Å²) in [4.78, 5) is 15.4. The number of carboxylic acids is 1. The molecule has 0 unspecified atom stereocenters. The maximum absolute atomic E-state index is 10.6. The minimum absolute atomic E-state index is 0.0575.